The van der Waals surface area contributed by atoms with Crippen molar-refractivity contribution in [3.8, 4) is 0 Å². The van der Waals surface area contributed by atoms with Crippen LogP contribution in [0.2, 0.25) is 0 Å². The number of ketones is 1. The van der Waals surface area contributed by atoms with Gasteiger partial charge in [0, 0.05) is 37.4 Å². The molecule has 1 aliphatic heterocycles. The second kappa shape index (κ2) is 10.3. The lowest BCUT2D eigenvalue weighted by Crippen LogP contribution is -2.49. The van der Waals surface area contributed by atoms with Crippen LogP contribution < -0.4 is 5.73 Å². The number of aromatic nitrogens is 1. The average Bonchev–Trinajstić information content (AvgIpc) is 3.17. The van der Waals surface area contributed by atoms with Crippen LogP contribution in [0.25, 0.3) is 0 Å². The van der Waals surface area contributed by atoms with Gasteiger partial charge >= 0.3 is 0 Å². The molecule has 1 fully saturated rings. The van der Waals surface area contributed by atoms with Crippen molar-refractivity contribution in [1.82, 2.24) is 13.8 Å². The predicted molar refractivity (Wildman–Crippen MR) is 129 cm³/mol. The van der Waals surface area contributed by atoms with Crippen molar-refractivity contribution in [1.29, 1.82) is 0 Å². The first-order valence-corrected chi connectivity index (χ1v) is 12.8. The summed E-state index contributed by atoms with van der Waals surface area (Å²) >= 11 is 0. The standard InChI is InChI=1S/C25H26F2N4O4S/c1-17-21(25(28)33)14-23(31(17)15-18-4-2-3-5-22(18)27)24(32)16-29-10-12-30(13-11-29)36(34,35)20-8-6-19(26)7-9-20/h2-9,14H,10-13,15-16H2,1H3,(H2,28,33). The van der Waals surface area contributed by atoms with E-state index in [9.17, 15) is 26.8 Å². The first kappa shape index (κ1) is 25.7. The summed E-state index contributed by atoms with van der Waals surface area (Å²) in [6.45, 7) is 2.63. The van der Waals surface area contributed by atoms with E-state index >= 15 is 0 Å². The summed E-state index contributed by atoms with van der Waals surface area (Å²) in [6, 6.07) is 12.3. The smallest absolute Gasteiger partial charge is 0.250 e. The molecule has 2 N–H and O–H groups in total. The zero-order valence-electron chi connectivity index (χ0n) is 19.7. The lowest BCUT2D eigenvalue weighted by Gasteiger charge is -2.33. The Bertz CT molecular complexity index is 1400. The van der Waals surface area contributed by atoms with Gasteiger partial charge in [0.1, 0.15) is 11.6 Å². The maximum Gasteiger partial charge on any atom is 0.250 e. The van der Waals surface area contributed by atoms with Crippen molar-refractivity contribution >= 4 is 21.7 Å². The zero-order valence-corrected chi connectivity index (χ0v) is 20.5. The molecule has 11 heteroatoms. The number of nitrogens with zero attached hydrogens (tertiary/aromatic N) is 3. The number of piperazine rings is 1. The van der Waals surface area contributed by atoms with Crippen LogP contribution in [0.1, 0.15) is 32.1 Å². The predicted octanol–water partition coefficient (Wildman–Crippen LogP) is 2.41. The van der Waals surface area contributed by atoms with Gasteiger partial charge in [-0.2, -0.15) is 4.31 Å². The van der Waals surface area contributed by atoms with Gasteiger partial charge in [-0.3, -0.25) is 14.5 Å². The molecule has 8 nitrogen and oxygen atoms in total. The molecule has 4 rings (SSSR count). The van der Waals surface area contributed by atoms with E-state index in [1.165, 1.54) is 28.6 Å². The summed E-state index contributed by atoms with van der Waals surface area (Å²) in [5.41, 5.74) is 6.72. The number of amides is 1. The van der Waals surface area contributed by atoms with Crippen LogP contribution >= 0.6 is 0 Å². The second-order valence-corrected chi connectivity index (χ2v) is 10.6. The van der Waals surface area contributed by atoms with Crippen molar-refractivity contribution < 1.29 is 26.8 Å². The fraction of sp³-hybridized carbons (Fsp3) is 0.280. The number of rotatable bonds is 8. The van der Waals surface area contributed by atoms with Crippen molar-refractivity contribution in [2.75, 3.05) is 32.7 Å². The molecule has 1 saturated heterocycles. The molecular formula is C25H26F2N4O4S. The minimum absolute atomic E-state index is 0.00820. The van der Waals surface area contributed by atoms with Crippen molar-refractivity contribution in [3.05, 3.63) is 88.7 Å². The Morgan fingerprint density at radius 2 is 1.61 bits per heavy atom. The second-order valence-electron chi connectivity index (χ2n) is 8.63. The van der Waals surface area contributed by atoms with Gasteiger partial charge in [0.05, 0.1) is 29.2 Å². The number of benzene rings is 2. The highest BCUT2D eigenvalue weighted by Crippen LogP contribution is 2.21. The Morgan fingerprint density at radius 1 is 0.972 bits per heavy atom. The van der Waals surface area contributed by atoms with Crippen molar-refractivity contribution in [2.24, 2.45) is 5.73 Å². The van der Waals surface area contributed by atoms with E-state index in [4.69, 9.17) is 5.73 Å². The molecule has 0 saturated carbocycles. The molecular weight excluding hydrogens is 490 g/mol. The quantitative estimate of drug-likeness (QED) is 0.463. The van der Waals surface area contributed by atoms with E-state index in [1.54, 1.807) is 29.7 Å². The van der Waals surface area contributed by atoms with Crippen LogP contribution in [0.3, 0.4) is 0 Å². The van der Waals surface area contributed by atoms with Gasteiger partial charge in [0.25, 0.3) is 5.91 Å². The summed E-state index contributed by atoms with van der Waals surface area (Å²) in [6.07, 6.45) is 0. The molecule has 0 unspecified atom stereocenters. The molecule has 0 radical (unpaired) electrons. The molecule has 190 valence electrons. The molecule has 0 atom stereocenters. The molecule has 36 heavy (non-hydrogen) atoms. The molecule has 0 bridgehead atoms. The van der Waals surface area contributed by atoms with Gasteiger partial charge in [0.15, 0.2) is 5.78 Å². The van der Waals surface area contributed by atoms with Crippen LogP contribution in [0.4, 0.5) is 8.78 Å². The van der Waals surface area contributed by atoms with E-state index in [1.807, 2.05) is 4.90 Å². The van der Waals surface area contributed by atoms with E-state index < -0.39 is 27.6 Å². The number of hydrogen-bond acceptors (Lipinski definition) is 5. The van der Waals surface area contributed by atoms with E-state index in [0.29, 0.717) is 24.3 Å². The van der Waals surface area contributed by atoms with Gasteiger partial charge in [-0.25, -0.2) is 17.2 Å². The molecule has 3 aromatic rings. The summed E-state index contributed by atoms with van der Waals surface area (Å²) in [7, 11) is -3.78. The number of halogens is 2. The number of hydrogen-bond donors (Lipinski definition) is 1. The topological polar surface area (TPSA) is 106 Å². The van der Waals surface area contributed by atoms with Gasteiger partial charge < -0.3 is 10.3 Å². The molecule has 1 aromatic heterocycles. The van der Waals surface area contributed by atoms with Crippen molar-refractivity contribution in [3.63, 3.8) is 0 Å². The Labute approximate surface area is 208 Å². The number of carbonyl (C=O) groups is 2. The third-order valence-corrected chi connectivity index (χ3v) is 8.27. The van der Waals surface area contributed by atoms with Gasteiger partial charge in [-0.05, 0) is 43.3 Å². The Morgan fingerprint density at radius 3 is 2.22 bits per heavy atom. The molecule has 0 spiro atoms. The summed E-state index contributed by atoms with van der Waals surface area (Å²) in [4.78, 5) is 27.0. The highest BCUT2D eigenvalue weighted by Gasteiger charge is 2.30. The first-order valence-electron chi connectivity index (χ1n) is 11.3. The van der Waals surface area contributed by atoms with Crippen LogP contribution in [0, 0.1) is 18.6 Å². The fourth-order valence-electron chi connectivity index (χ4n) is 4.29. The number of nitrogens with two attached hydrogens (primary N) is 1. The highest BCUT2D eigenvalue weighted by atomic mass is 32.2. The Hall–Kier alpha value is -3.41. The lowest BCUT2D eigenvalue weighted by molar-refractivity contribution is 0.0892. The van der Waals surface area contributed by atoms with Crippen LogP contribution in [-0.4, -0.2) is 66.6 Å². The molecule has 1 aliphatic rings. The molecule has 2 aromatic carbocycles. The minimum Gasteiger partial charge on any atom is -0.366 e. The first-order chi connectivity index (χ1) is 17.1. The summed E-state index contributed by atoms with van der Waals surface area (Å²) in [5.74, 6) is -1.93. The lowest BCUT2D eigenvalue weighted by atomic mass is 10.2. The molecule has 1 amide bonds. The zero-order chi connectivity index (χ0) is 26.0. The fourth-order valence-corrected chi connectivity index (χ4v) is 5.72. The SMILES string of the molecule is Cc1c(C(N)=O)cc(C(=O)CN2CCN(S(=O)(=O)c3ccc(F)cc3)CC2)n1Cc1ccccc1F. The minimum atomic E-state index is -3.78. The maximum absolute atomic E-state index is 14.3. The third-order valence-electron chi connectivity index (χ3n) is 6.35. The summed E-state index contributed by atoms with van der Waals surface area (Å²) in [5, 5.41) is 0. The van der Waals surface area contributed by atoms with Crippen LogP contribution in [0.5, 0.6) is 0 Å². The van der Waals surface area contributed by atoms with Crippen molar-refractivity contribution in [2.45, 2.75) is 18.4 Å². The number of carbonyl (C=O) groups excluding carboxylic acids is 2. The monoisotopic (exact) mass is 516 g/mol. The normalized spacial score (nSPS) is 15.2. The largest absolute Gasteiger partial charge is 0.366 e. The molecule has 2 heterocycles. The highest BCUT2D eigenvalue weighted by molar-refractivity contribution is 7.89. The number of Topliss-reactive ketones (excluding diaryl/α,β-unsaturated/α-hetero) is 1. The maximum atomic E-state index is 14.3. The van der Waals surface area contributed by atoms with Crippen LogP contribution in [0.15, 0.2) is 59.5 Å². The summed E-state index contributed by atoms with van der Waals surface area (Å²) < 4.78 is 56.0. The Kier molecular flexibility index (Phi) is 7.34. The average molecular weight is 517 g/mol. The van der Waals surface area contributed by atoms with E-state index in [2.05, 4.69) is 0 Å². The van der Waals surface area contributed by atoms with Gasteiger partial charge in [0.2, 0.25) is 10.0 Å². The van der Waals surface area contributed by atoms with E-state index in [0.717, 1.165) is 12.1 Å². The number of sulfonamides is 1. The third kappa shape index (κ3) is 5.23. The van der Waals surface area contributed by atoms with Gasteiger partial charge in [-0.15, -0.1) is 0 Å². The van der Waals surface area contributed by atoms with Crippen LogP contribution in [-0.2, 0) is 16.6 Å². The van der Waals surface area contributed by atoms with Gasteiger partial charge in [-0.1, -0.05) is 18.2 Å². The Balaban J connectivity index is 1.48. The molecule has 0 aliphatic carbocycles. The van der Waals surface area contributed by atoms with E-state index in [-0.39, 0.29) is 48.1 Å². The number of primary amides is 1.